The van der Waals surface area contributed by atoms with Gasteiger partial charge in [0.15, 0.2) is 0 Å². The highest BCUT2D eigenvalue weighted by Crippen LogP contribution is 2.41. The molecule has 0 amide bonds. The van der Waals surface area contributed by atoms with E-state index in [2.05, 4.69) is 0 Å². The number of carbonyl (C=O) groups is 1. The number of esters is 1. The first-order chi connectivity index (χ1) is 6.75. The van der Waals surface area contributed by atoms with Gasteiger partial charge in [-0.15, -0.1) is 0 Å². The van der Waals surface area contributed by atoms with Gasteiger partial charge in [0.05, 0.1) is 0 Å². The highest BCUT2D eigenvalue weighted by Gasteiger charge is 2.33. The van der Waals surface area contributed by atoms with Crippen molar-refractivity contribution in [2.24, 2.45) is 11.8 Å². The summed E-state index contributed by atoms with van der Waals surface area (Å²) >= 11 is 0. The van der Waals surface area contributed by atoms with Gasteiger partial charge in [0.2, 0.25) is 0 Å². The molecular formula is C12H20O2. The first-order valence-electron chi connectivity index (χ1n) is 5.93. The molecule has 0 saturated heterocycles. The average molecular weight is 196 g/mol. The molecule has 2 aliphatic carbocycles. The van der Waals surface area contributed by atoms with Crippen LogP contribution in [0.15, 0.2) is 0 Å². The summed E-state index contributed by atoms with van der Waals surface area (Å²) < 4.78 is 5.30. The fourth-order valence-corrected chi connectivity index (χ4v) is 3.17. The summed E-state index contributed by atoms with van der Waals surface area (Å²) in [5, 5.41) is 0. The number of fused-ring (bicyclic) bond motifs is 1. The van der Waals surface area contributed by atoms with Crippen molar-refractivity contribution >= 4 is 5.97 Å². The van der Waals surface area contributed by atoms with Crippen LogP contribution in [0, 0.1) is 11.8 Å². The lowest BCUT2D eigenvalue weighted by atomic mass is 9.70. The van der Waals surface area contributed by atoms with Crippen LogP contribution in [0.1, 0.15) is 51.9 Å². The van der Waals surface area contributed by atoms with Crippen LogP contribution in [-0.2, 0) is 9.53 Å². The quantitative estimate of drug-likeness (QED) is 0.603. The summed E-state index contributed by atoms with van der Waals surface area (Å²) in [5.41, 5.74) is 0. The molecule has 0 unspecified atom stereocenters. The maximum atomic E-state index is 10.8. The monoisotopic (exact) mass is 196 g/mol. The molecule has 0 aromatic heterocycles. The van der Waals surface area contributed by atoms with E-state index < -0.39 is 0 Å². The minimum atomic E-state index is -0.107. The van der Waals surface area contributed by atoms with Gasteiger partial charge in [0.1, 0.15) is 6.10 Å². The zero-order valence-corrected chi connectivity index (χ0v) is 9.00. The maximum Gasteiger partial charge on any atom is 0.302 e. The molecule has 0 bridgehead atoms. The zero-order chi connectivity index (χ0) is 9.97. The Morgan fingerprint density at radius 3 is 2.50 bits per heavy atom. The summed E-state index contributed by atoms with van der Waals surface area (Å²) in [6.07, 6.45) is 9.31. The van der Waals surface area contributed by atoms with E-state index in [0.29, 0.717) is 0 Å². The van der Waals surface area contributed by atoms with Crippen LogP contribution in [0.4, 0.5) is 0 Å². The van der Waals surface area contributed by atoms with Crippen molar-refractivity contribution in [3.05, 3.63) is 0 Å². The van der Waals surface area contributed by atoms with Crippen molar-refractivity contribution in [3.8, 4) is 0 Å². The molecule has 0 aliphatic heterocycles. The summed E-state index contributed by atoms with van der Waals surface area (Å²) in [4.78, 5) is 10.8. The summed E-state index contributed by atoms with van der Waals surface area (Å²) in [6.45, 7) is 1.52. The minimum absolute atomic E-state index is 0.107. The molecule has 2 saturated carbocycles. The lowest BCUT2D eigenvalue weighted by molar-refractivity contribution is -0.149. The molecule has 3 atom stereocenters. The standard InChI is InChI=1S/C12H20O2/c1-9(13)14-12-7-6-10-4-2-3-5-11(10)8-12/h10-12H,2-8H2,1H3/t10-,11+,12+/m1/s1. The van der Waals surface area contributed by atoms with Crippen LogP contribution in [0.3, 0.4) is 0 Å². The molecule has 0 aromatic carbocycles. The predicted molar refractivity (Wildman–Crippen MR) is 54.9 cm³/mol. The fraction of sp³-hybridized carbons (Fsp3) is 0.917. The highest BCUT2D eigenvalue weighted by molar-refractivity contribution is 5.66. The molecule has 2 rings (SSSR count). The number of carbonyl (C=O) groups excluding carboxylic acids is 1. The van der Waals surface area contributed by atoms with Crippen molar-refractivity contribution < 1.29 is 9.53 Å². The fourth-order valence-electron chi connectivity index (χ4n) is 3.17. The Balaban J connectivity index is 1.86. The van der Waals surface area contributed by atoms with Crippen LogP contribution >= 0.6 is 0 Å². The van der Waals surface area contributed by atoms with Crippen LogP contribution in [0.2, 0.25) is 0 Å². The molecule has 0 radical (unpaired) electrons. The molecule has 80 valence electrons. The van der Waals surface area contributed by atoms with Crippen molar-refractivity contribution in [2.75, 3.05) is 0 Å². The normalized spacial score (nSPS) is 37.4. The lowest BCUT2D eigenvalue weighted by Gasteiger charge is -2.38. The third-order valence-electron chi connectivity index (χ3n) is 3.82. The Labute approximate surface area is 86.0 Å². The minimum Gasteiger partial charge on any atom is -0.463 e. The topological polar surface area (TPSA) is 26.3 Å². The molecule has 0 spiro atoms. The number of hydrogen-bond acceptors (Lipinski definition) is 2. The van der Waals surface area contributed by atoms with Crippen molar-refractivity contribution in [1.82, 2.24) is 0 Å². The molecule has 0 heterocycles. The van der Waals surface area contributed by atoms with Crippen molar-refractivity contribution in [2.45, 2.75) is 58.0 Å². The lowest BCUT2D eigenvalue weighted by Crippen LogP contribution is -2.32. The van der Waals surface area contributed by atoms with E-state index in [1.807, 2.05) is 0 Å². The Kier molecular flexibility index (Phi) is 3.09. The van der Waals surface area contributed by atoms with E-state index >= 15 is 0 Å². The second kappa shape index (κ2) is 4.33. The molecular weight excluding hydrogens is 176 g/mol. The van der Waals surface area contributed by atoms with Gasteiger partial charge in [0, 0.05) is 6.92 Å². The third kappa shape index (κ3) is 2.28. The Bertz CT molecular complexity index is 212. The van der Waals surface area contributed by atoms with Crippen LogP contribution < -0.4 is 0 Å². The van der Waals surface area contributed by atoms with Crippen LogP contribution in [0.5, 0.6) is 0 Å². The SMILES string of the molecule is CC(=O)O[C@H]1CC[C@H]2CCCC[C@H]2C1. The van der Waals surface area contributed by atoms with Crippen LogP contribution in [-0.4, -0.2) is 12.1 Å². The second-order valence-electron chi connectivity index (χ2n) is 4.85. The summed E-state index contributed by atoms with van der Waals surface area (Å²) in [7, 11) is 0. The van der Waals surface area contributed by atoms with Gasteiger partial charge in [-0.05, 0) is 31.1 Å². The summed E-state index contributed by atoms with van der Waals surface area (Å²) in [5.74, 6) is 1.68. The molecule has 2 heteroatoms. The van der Waals surface area contributed by atoms with E-state index in [4.69, 9.17) is 4.74 Å². The molecule has 0 aromatic rings. The van der Waals surface area contributed by atoms with Gasteiger partial charge in [0.25, 0.3) is 0 Å². The highest BCUT2D eigenvalue weighted by atomic mass is 16.5. The number of ether oxygens (including phenoxy) is 1. The van der Waals surface area contributed by atoms with E-state index in [0.717, 1.165) is 24.7 Å². The van der Waals surface area contributed by atoms with E-state index in [-0.39, 0.29) is 12.1 Å². The first kappa shape index (κ1) is 10.0. The van der Waals surface area contributed by atoms with Crippen LogP contribution in [0.25, 0.3) is 0 Å². The molecule has 0 N–H and O–H groups in total. The van der Waals surface area contributed by atoms with Crippen molar-refractivity contribution in [3.63, 3.8) is 0 Å². The van der Waals surface area contributed by atoms with Gasteiger partial charge in [-0.1, -0.05) is 25.7 Å². The predicted octanol–water partition coefficient (Wildman–Crippen LogP) is 2.91. The number of rotatable bonds is 1. The third-order valence-corrected chi connectivity index (χ3v) is 3.82. The van der Waals surface area contributed by atoms with Gasteiger partial charge in [-0.3, -0.25) is 4.79 Å². The Morgan fingerprint density at radius 1 is 1.07 bits per heavy atom. The van der Waals surface area contributed by atoms with E-state index in [9.17, 15) is 4.79 Å². The largest absolute Gasteiger partial charge is 0.463 e. The molecule has 14 heavy (non-hydrogen) atoms. The average Bonchev–Trinajstić information content (AvgIpc) is 2.17. The smallest absolute Gasteiger partial charge is 0.302 e. The zero-order valence-electron chi connectivity index (χ0n) is 9.00. The molecule has 2 aliphatic rings. The second-order valence-corrected chi connectivity index (χ2v) is 4.85. The van der Waals surface area contributed by atoms with Crippen molar-refractivity contribution in [1.29, 1.82) is 0 Å². The van der Waals surface area contributed by atoms with E-state index in [1.165, 1.54) is 39.0 Å². The Hall–Kier alpha value is -0.530. The van der Waals surface area contributed by atoms with Gasteiger partial charge >= 0.3 is 5.97 Å². The maximum absolute atomic E-state index is 10.8. The summed E-state index contributed by atoms with van der Waals surface area (Å²) in [6, 6.07) is 0. The molecule has 2 nitrogen and oxygen atoms in total. The van der Waals surface area contributed by atoms with E-state index in [1.54, 1.807) is 0 Å². The number of hydrogen-bond donors (Lipinski definition) is 0. The van der Waals surface area contributed by atoms with Gasteiger partial charge < -0.3 is 4.74 Å². The first-order valence-corrected chi connectivity index (χ1v) is 5.93. The van der Waals surface area contributed by atoms with Gasteiger partial charge in [-0.25, -0.2) is 0 Å². The van der Waals surface area contributed by atoms with Gasteiger partial charge in [-0.2, -0.15) is 0 Å². The Morgan fingerprint density at radius 2 is 1.79 bits per heavy atom. The molecule has 2 fully saturated rings.